The molecule has 16 heavy (non-hydrogen) atoms. The first kappa shape index (κ1) is 12.6. The fourth-order valence-electron chi connectivity index (χ4n) is 1.34. The number of benzene rings is 1. The van der Waals surface area contributed by atoms with Crippen LogP contribution < -0.4 is 5.32 Å². The maximum atomic E-state index is 11.9. The van der Waals surface area contributed by atoms with Crippen LogP contribution in [0.2, 0.25) is 5.02 Å². The van der Waals surface area contributed by atoms with Crippen molar-refractivity contribution in [3.8, 4) is 12.3 Å². The van der Waals surface area contributed by atoms with E-state index in [9.17, 15) is 4.79 Å². The molecule has 0 saturated heterocycles. The number of halogens is 1. The number of aryl methyl sites for hydroxylation is 1. The zero-order chi connectivity index (χ0) is 12.1. The van der Waals surface area contributed by atoms with Crippen LogP contribution in [0.1, 0.15) is 29.3 Å². The first-order chi connectivity index (χ1) is 7.58. The Morgan fingerprint density at radius 1 is 1.62 bits per heavy atom. The molecule has 1 N–H and O–H groups in total. The van der Waals surface area contributed by atoms with Gasteiger partial charge in [-0.2, -0.15) is 0 Å². The third kappa shape index (κ3) is 3.01. The lowest BCUT2D eigenvalue weighted by molar-refractivity contribution is 0.0944. The molecule has 0 bridgehead atoms. The summed E-state index contributed by atoms with van der Waals surface area (Å²) in [5, 5.41) is 3.31. The number of hydrogen-bond donors (Lipinski definition) is 1. The molecule has 0 aromatic heterocycles. The molecule has 1 rings (SSSR count). The maximum absolute atomic E-state index is 11.9. The third-order valence-electron chi connectivity index (χ3n) is 2.36. The first-order valence-corrected chi connectivity index (χ1v) is 5.49. The van der Waals surface area contributed by atoms with E-state index in [1.807, 2.05) is 19.9 Å². The van der Waals surface area contributed by atoms with Gasteiger partial charge in [0.25, 0.3) is 5.91 Å². The van der Waals surface area contributed by atoms with Gasteiger partial charge in [0.1, 0.15) is 0 Å². The van der Waals surface area contributed by atoms with Gasteiger partial charge in [-0.05, 0) is 31.0 Å². The molecular weight excluding hydrogens is 222 g/mol. The lowest BCUT2D eigenvalue weighted by Crippen LogP contribution is -2.33. The van der Waals surface area contributed by atoms with Crippen molar-refractivity contribution in [2.75, 3.05) is 0 Å². The molecule has 0 fully saturated rings. The van der Waals surface area contributed by atoms with Gasteiger partial charge < -0.3 is 5.32 Å². The molecule has 0 aliphatic carbocycles. The van der Waals surface area contributed by atoms with E-state index in [1.54, 1.807) is 12.1 Å². The highest BCUT2D eigenvalue weighted by molar-refractivity contribution is 6.31. The van der Waals surface area contributed by atoms with E-state index in [4.69, 9.17) is 18.0 Å². The van der Waals surface area contributed by atoms with Crippen LogP contribution in [-0.4, -0.2) is 11.9 Å². The van der Waals surface area contributed by atoms with E-state index < -0.39 is 0 Å². The highest BCUT2D eigenvalue weighted by Crippen LogP contribution is 2.15. The van der Waals surface area contributed by atoms with Gasteiger partial charge in [0.15, 0.2) is 0 Å². The maximum Gasteiger partial charge on any atom is 0.252 e. The van der Waals surface area contributed by atoms with Crippen molar-refractivity contribution in [1.82, 2.24) is 5.32 Å². The summed E-state index contributed by atoms with van der Waals surface area (Å²) in [4.78, 5) is 11.9. The molecule has 0 spiro atoms. The molecule has 84 valence electrons. The van der Waals surface area contributed by atoms with Crippen LogP contribution >= 0.6 is 11.6 Å². The van der Waals surface area contributed by atoms with Crippen molar-refractivity contribution in [2.45, 2.75) is 26.3 Å². The predicted molar refractivity (Wildman–Crippen MR) is 66.6 cm³/mol. The van der Waals surface area contributed by atoms with E-state index in [0.29, 0.717) is 17.0 Å². The Kier molecular flexibility index (Phi) is 4.39. The minimum Gasteiger partial charge on any atom is -0.338 e. The summed E-state index contributed by atoms with van der Waals surface area (Å²) in [7, 11) is 0. The van der Waals surface area contributed by atoms with Crippen LogP contribution in [0.5, 0.6) is 0 Å². The Hall–Kier alpha value is -1.46. The normalized spacial score (nSPS) is 11.6. The zero-order valence-corrected chi connectivity index (χ0v) is 10.1. The van der Waals surface area contributed by atoms with Crippen LogP contribution in [0.4, 0.5) is 0 Å². The molecule has 0 heterocycles. The fourth-order valence-corrected chi connectivity index (χ4v) is 1.51. The average Bonchev–Trinajstić information content (AvgIpc) is 2.28. The van der Waals surface area contributed by atoms with Crippen molar-refractivity contribution in [1.29, 1.82) is 0 Å². The van der Waals surface area contributed by atoms with Crippen LogP contribution in [0.25, 0.3) is 0 Å². The lowest BCUT2D eigenvalue weighted by atomic mass is 10.1. The molecule has 1 aromatic carbocycles. The van der Waals surface area contributed by atoms with Gasteiger partial charge in [-0.15, -0.1) is 6.42 Å². The second-order valence-corrected chi connectivity index (χ2v) is 4.00. The second kappa shape index (κ2) is 5.58. The third-order valence-corrected chi connectivity index (χ3v) is 2.59. The van der Waals surface area contributed by atoms with Crippen LogP contribution in [0, 0.1) is 19.3 Å². The molecule has 0 saturated carbocycles. The fraction of sp³-hybridized carbons (Fsp3) is 0.308. The molecule has 1 amide bonds. The van der Waals surface area contributed by atoms with E-state index in [-0.39, 0.29) is 11.9 Å². The minimum absolute atomic E-state index is 0.176. The number of amides is 1. The average molecular weight is 236 g/mol. The molecule has 0 aliphatic heterocycles. The van der Waals surface area contributed by atoms with Gasteiger partial charge in [0, 0.05) is 10.6 Å². The topological polar surface area (TPSA) is 29.1 Å². The summed E-state index contributed by atoms with van der Waals surface area (Å²) in [5.41, 5.74) is 1.45. The van der Waals surface area contributed by atoms with E-state index in [1.165, 1.54) is 0 Å². The van der Waals surface area contributed by atoms with E-state index in [0.717, 1.165) is 5.56 Å². The minimum atomic E-state index is -0.231. The Bertz CT molecular complexity index is 434. The zero-order valence-electron chi connectivity index (χ0n) is 9.38. The quantitative estimate of drug-likeness (QED) is 0.802. The number of carbonyl (C=O) groups excluding carboxylic acids is 1. The van der Waals surface area contributed by atoms with Crippen LogP contribution in [0.15, 0.2) is 18.2 Å². The smallest absolute Gasteiger partial charge is 0.252 e. The summed E-state index contributed by atoms with van der Waals surface area (Å²) >= 11 is 5.84. The highest BCUT2D eigenvalue weighted by atomic mass is 35.5. The van der Waals surface area contributed by atoms with Crippen molar-refractivity contribution in [3.05, 3.63) is 34.3 Å². The van der Waals surface area contributed by atoms with E-state index in [2.05, 4.69) is 11.2 Å². The molecule has 0 aliphatic rings. The number of nitrogens with one attached hydrogen (secondary N) is 1. The van der Waals surface area contributed by atoms with Crippen LogP contribution in [-0.2, 0) is 0 Å². The number of hydrogen-bond acceptors (Lipinski definition) is 1. The summed E-state index contributed by atoms with van der Waals surface area (Å²) < 4.78 is 0. The summed E-state index contributed by atoms with van der Waals surface area (Å²) in [5.74, 6) is 2.35. The lowest BCUT2D eigenvalue weighted by Gasteiger charge is -2.12. The number of carbonyl (C=O) groups is 1. The van der Waals surface area contributed by atoms with Crippen molar-refractivity contribution in [3.63, 3.8) is 0 Å². The molecule has 2 nitrogen and oxygen atoms in total. The summed E-state index contributed by atoms with van der Waals surface area (Å²) in [6.45, 7) is 3.79. The van der Waals surface area contributed by atoms with Gasteiger partial charge in [0.2, 0.25) is 0 Å². The van der Waals surface area contributed by atoms with Gasteiger partial charge in [-0.25, -0.2) is 0 Å². The largest absolute Gasteiger partial charge is 0.338 e. The molecule has 1 atom stereocenters. The summed E-state index contributed by atoms with van der Waals surface area (Å²) in [6, 6.07) is 4.99. The monoisotopic (exact) mass is 235 g/mol. The Morgan fingerprint density at radius 2 is 2.31 bits per heavy atom. The van der Waals surface area contributed by atoms with Crippen LogP contribution in [0.3, 0.4) is 0 Å². The van der Waals surface area contributed by atoms with Gasteiger partial charge in [-0.3, -0.25) is 4.79 Å². The number of rotatable bonds is 3. The summed E-state index contributed by atoms with van der Waals surface area (Å²) in [6.07, 6.45) is 6.00. The Labute approximate surface area is 101 Å². The number of terminal acetylenes is 1. The first-order valence-electron chi connectivity index (χ1n) is 5.11. The van der Waals surface area contributed by atoms with Crippen molar-refractivity contribution >= 4 is 17.5 Å². The molecule has 0 radical (unpaired) electrons. The molecule has 3 heteroatoms. The van der Waals surface area contributed by atoms with Gasteiger partial charge in [0.05, 0.1) is 6.04 Å². The molecular formula is C13H14ClNO. The van der Waals surface area contributed by atoms with Crippen molar-refractivity contribution in [2.24, 2.45) is 0 Å². The highest BCUT2D eigenvalue weighted by Gasteiger charge is 2.12. The SMILES string of the molecule is C#CC(CC)NC(=O)c1cc(Cl)ccc1C. The van der Waals surface area contributed by atoms with E-state index >= 15 is 0 Å². The Balaban J connectivity index is 2.89. The molecule has 1 aromatic rings. The standard InChI is InChI=1S/C13H14ClNO/c1-4-11(5-2)15-13(16)12-8-10(14)7-6-9(12)3/h1,6-8,11H,5H2,2-3H3,(H,15,16). The van der Waals surface area contributed by atoms with Gasteiger partial charge >= 0.3 is 0 Å². The second-order valence-electron chi connectivity index (χ2n) is 3.56. The Morgan fingerprint density at radius 3 is 2.88 bits per heavy atom. The van der Waals surface area contributed by atoms with Gasteiger partial charge in [-0.1, -0.05) is 30.5 Å². The van der Waals surface area contributed by atoms with Crippen molar-refractivity contribution < 1.29 is 4.79 Å². The molecule has 1 unspecified atom stereocenters. The predicted octanol–water partition coefficient (Wildman–Crippen LogP) is 2.79.